The van der Waals surface area contributed by atoms with Crippen molar-refractivity contribution in [2.24, 2.45) is 0 Å². The maximum atomic E-state index is 13.0. The number of carbonyl (C=O) groups is 2. The van der Waals surface area contributed by atoms with E-state index in [-0.39, 0.29) is 36.8 Å². The van der Waals surface area contributed by atoms with Gasteiger partial charge < -0.3 is 25.2 Å². The number of carboxylic acids is 1. The van der Waals surface area contributed by atoms with E-state index in [1.165, 1.54) is 7.11 Å². The third-order valence-electron chi connectivity index (χ3n) is 7.61. The molecule has 0 bridgehead atoms. The Balaban J connectivity index is 1.27. The predicted octanol–water partition coefficient (Wildman–Crippen LogP) is 4.20. The number of aryl methyl sites for hydroxylation is 1. The van der Waals surface area contributed by atoms with Gasteiger partial charge in [-0.3, -0.25) is 5.41 Å². The maximum Gasteiger partial charge on any atom is 0.407 e. The fourth-order valence-electron chi connectivity index (χ4n) is 5.43. The van der Waals surface area contributed by atoms with Crippen LogP contribution in [0.25, 0.3) is 11.1 Å². The van der Waals surface area contributed by atoms with Crippen LogP contribution in [0, 0.1) is 26.2 Å². The molecule has 3 aromatic rings. The lowest BCUT2D eigenvalue weighted by atomic mass is 9.98. The van der Waals surface area contributed by atoms with E-state index in [1.54, 1.807) is 26.8 Å². The summed E-state index contributed by atoms with van der Waals surface area (Å²) in [7, 11) is -2.55. The zero-order chi connectivity index (χ0) is 31.3. The van der Waals surface area contributed by atoms with E-state index in [0.717, 1.165) is 22.3 Å². The molecule has 0 heterocycles. The Morgan fingerprint density at radius 3 is 2.19 bits per heavy atom. The zero-order valence-electron chi connectivity index (χ0n) is 24.5. The summed E-state index contributed by atoms with van der Waals surface area (Å²) >= 11 is 0. The van der Waals surface area contributed by atoms with Gasteiger partial charge in [0.05, 0.1) is 12.0 Å². The normalized spacial score (nSPS) is 12.9. The van der Waals surface area contributed by atoms with Crippen molar-refractivity contribution < 1.29 is 32.6 Å². The van der Waals surface area contributed by atoms with Crippen molar-refractivity contribution in [1.82, 2.24) is 15.4 Å². The highest BCUT2D eigenvalue weighted by molar-refractivity contribution is 7.90. The molecule has 1 aliphatic carbocycles. The number of carbonyl (C=O) groups excluding carboxylic acids is 1. The van der Waals surface area contributed by atoms with Crippen LogP contribution in [0.5, 0.6) is 5.75 Å². The summed E-state index contributed by atoms with van der Waals surface area (Å²) in [6.07, 6.45) is -0.587. The number of fused-ring (bicyclic) bond motifs is 3. The summed E-state index contributed by atoms with van der Waals surface area (Å²) < 4.78 is 39.0. The molecule has 0 saturated carbocycles. The van der Waals surface area contributed by atoms with Crippen molar-refractivity contribution in [3.8, 4) is 16.9 Å². The minimum atomic E-state index is -4.06. The molecule has 1 atom stereocenters. The average Bonchev–Trinajstić information content (AvgIpc) is 3.28. The first-order valence-electron chi connectivity index (χ1n) is 13.8. The fraction of sp³-hybridized carbons (Fsp3) is 0.323. The Labute approximate surface area is 251 Å². The number of amides is 1. The molecule has 0 aromatic heterocycles. The Morgan fingerprint density at radius 2 is 1.60 bits per heavy atom. The molecule has 0 unspecified atom stereocenters. The van der Waals surface area contributed by atoms with Gasteiger partial charge in [-0.25, -0.2) is 22.7 Å². The predicted molar refractivity (Wildman–Crippen MR) is 162 cm³/mol. The first-order chi connectivity index (χ1) is 20.4. The Morgan fingerprint density at radius 1 is 1.00 bits per heavy atom. The second-order valence-corrected chi connectivity index (χ2v) is 12.0. The van der Waals surface area contributed by atoms with Gasteiger partial charge >= 0.3 is 12.1 Å². The molecule has 11 nitrogen and oxygen atoms in total. The van der Waals surface area contributed by atoms with E-state index in [2.05, 4.69) is 15.4 Å². The molecule has 0 aliphatic heterocycles. The van der Waals surface area contributed by atoms with Gasteiger partial charge in [-0.2, -0.15) is 0 Å². The van der Waals surface area contributed by atoms with E-state index >= 15 is 0 Å². The summed E-state index contributed by atoms with van der Waals surface area (Å²) in [5, 5.41) is 22.7. The van der Waals surface area contributed by atoms with Crippen LogP contribution >= 0.6 is 0 Å². The maximum absolute atomic E-state index is 13.0. The number of hydrogen-bond acceptors (Lipinski definition) is 7. The number of sulfonamides is 1. The number of benzene rings is 3. The largest absolute Gasteiger partial charge is 0.496 e. The highest BCUT2D eigenvalue weighted by atomic mass is 32.2. The van der Waals surface area contributed by atoms with Gasteiger partial charge in [0.1, 0.15) is 18.4 Å². The lowest BCUT2D eigenvalue weighted by molar-refractivity contribution is -0.139. The molecule has 0 radical (unpaired) electrons. The monoisotopic (exact) mass is 608 g/mol. The third-order valence-corrected chi connectivity index (χ3v) is 9.25. The Hall–Kier alpha value is -4.58. The van der Waals surface area contributed by atoms with Gasteiger partial charge in [0, 0.05) is 12.5 Å². The summed E-state index contributed by atoms with van der Waals surface area (Å²) in [6, 6.07) is 16.2. The van der Waals surface area contributed by atoms with Crippen molar-refractivity contribution in [1.29, 1.82) is 5.41 Å². The number of hydrogen-bond donors (Lipinski definition) is 5. The van der Waals surface area contributed by atoms with Gasteiger partial charge in [0.25, 0.3) is 10.0 Å². The van der Waals surface area contributed by atoms with Crippen LogP contribution < -0.4 is 20.1 Å². The average molecular weight is 609 g/mol. The molecule has 0 saturated heterocycles. The van der Waals surface area contributed by atoms with Gasteiger partial charge in [-0.15, -0.1) is 0 Å². The molecule has 4 rings (SSSR count). The standard InChI is InChI=1S/C31H36N4O7S/c1-18-16-27(41-4)19(2)20(3)28(18)43(39,40)35-30(32)33-15-9-14-26(29(36)37)34-31(38)42-17-25-23-12-7-5-10-21(23)22-11-6-8-13-24(22)25/h5-8,10-13,16,25-26H,9,14-15,17H2,1-4H3,(H,34,38)(H,36,37)(H3,32,33,35)/t26-/m1/s1. The molecule has 0 spiro atoms. The lowest BCUT2D eigenvalue weighted by Crippen LogP contribution is -2.43. The molecule has 3 aromatic carbocycles. The molecule has 228 valence electrons. The van der Waals surface area contributed by atoms with E-state index in [4.69, 9.17) is 14.9 Å². The number of aliphatic carboxylic acids is 1. The van der Waals surface area contributed by atoms with Crippen LogP contribution in [0.3, 0.4) is 0 Å². The first-order valence-corrected chi connectivity index (χ1v) is 15.3. The Kier molecular flexibility index (Phi) is 9.59. The number of guanidine groups is 1. The zero-order valence-corrected chi connectivity index (χ0v) is 25.3. The molecule has 1 amide bonds. The number of methoxy groups -OCH3 is 1. The van der Waals surface area contributed by atoms with Crippen LogP contribution in [0.15, 0.2) is 59.5 Å². The smallest absolute Gasteiger partial charge is 0.407 e. The van der Waals surface area contributed by atoms with Gasteiger partial charge in [-0.05, 0) is 78.6 Å². The highest BCUT2D eigenvalue weighted by Gasteiger charge is 2.30. The quantitative estimate of drug-likeness (QED) is 0.123. The molecule has 5 N–H and O–H groups in total. The van der Waals surface area contributed by atoms with Crippen LogP contribution in [0.4, 0.5) is 4.79 Å². The third kappa shape index (κ3) is 6.91. The van der Waals surface area contributed by atoms with E-state index in [0.29, 0.717) is 22.4 Å². The molecule has 1 aliphatic rings. The van der Waals surface area contributed by atoms with Crippen molar-refractivity contribution in [2.75, 3.05) is 20.3 Å². The van der Waals surface area contributed by atoms with Crippen molar-refractivity contribution in [3.63, 3.8) is 0 Å². The second-order valence-electron chi connectivity index (χ2n) is 10.4. The summed E-state index contributed by atoms with van der Waals surface area (Å²) in [5.41, 5.74) is 5.92. The molecule has 12 heteroatoms. The SMILES string of the molecule is COc1cc(C)c(S(=O)(=O)NC(=N)NCCC[C@@H](NC(=O)OCC2c3ccccc3-c3ccccc32)C(=O)O)c(C)c1C. The van der Waals surface area contributed by atoms with Crippen molar-refractivity contribution in [3.05, 3.63) is 82.4 Å². The van der Waals surface area contributed by atoms with Crippen LogP contribution in [0.1, 0.15) is 46.6 Å². The summed E-state index contributed by atoms with van der Waals surface area (Å²) in [6.45, 7) is 5.22. The molecule has 43 heavy (non-hydrogen) atoms. The fourth-order valence-corrected chi connectivity index (χ4v) is 6.91. The highest BCUT2D eigenvalue weighted by Crippen LogP contribution is 2.44. The van der Waals surface area contributed by atoms with Gasteiger partial charge in [0.2, 0.25) is 5.96 Å². The lowest BCUT2D eigenvalue weighted by Gasteiger charge is -2.18. The molecular formula is C31H36N4O7S. The number of alkyl carbamates (subject to hydrolysis) is 1. The van der Waals surface area contributed by atoms with Gasteiger partial charge in [-0.1, -0.05) is 48.5 Å². The van der Waals surface area contributed by atoms with Crippen LogP contribution in [-0.2, 0) is 19.6 Å². The number of nitrogens with one attached hydrogen (secondary N) is 4. The van der Waals surface area contributed by atoms with Crippen LogP contribution in [0.2, 0.25) is 0 Å². The van der Waals surface area contributed by atoms with E-state index < -0.39 is 34.1 Å². The minimum Gasteiger partial charge on any atom is -0.496 e. The van der Waals surface area contributed by atoms with Gasteiger partial charge in [0.15, 0.2) is 0 Å². The number of rotatable bonds is 11. The second kappa shape index (κ2) is 13.2. The molecular weight excluding hydrogens is 572 g/mol. The topological polar surface area (TPSA) is 167 Å². The van der Waals surface area contributed by atoms with Crippen LogP contribution in [-0.4, -0.2) is 57.8 Å². The number of ether oxygens (including phenoxy) is 2. The molecule has 0 fully saturated rings. The van der Waals surface area contributed by atoms with E-state index in [9.17, 15) is 23.1 Å². The van der Waals surface area contributed by atoms with E-state index in [1.807, 2.05) is 48.5 Å². The Bertz CT molecular complexity index is 1610. The summed E-state index contributed by atoms with van der Waals surface area (Å²) in [5.74, 6) is -1.27. The first kappa shape index (κ1) is 31.4. The summed E-state index contributed by atoms with van der Waals surface area (Å²) in [4.78, 5) is 24.4. The van der Waals surface area contributed by atoms with Crippen molar-refractivity contribution in [2.45, 2.75) is 50.5 Å². The number of carboxylic acid groups (broad SMARTS) is 1. The van der Waals surface area contributed by atoms with Crippen molar-refractivity contribution >= 4 is 28.0 Å². The minimum absolute atomic E-state index is 0.0302.